The van der Waals surface area contributed by atoms with Crippen LogP contribution in [-0.2, 0) is 21.4 Å². The normalized spacial score (nSPS) is 15.0. The second kappa shape index (κ2) is 9.38. The monoisotopic (exact) mass is 397 g/mol. The molecular formula is C21H27N5O3. The molecule has 1 aliphatic heterocycles. The minimum absolute atomic E-state index is 0.0335. The highest BCUT2D eigenvalue weighted by Crippen LogP contribution is 2.24. The van der Waals surface area contributed by atoms with Crippen molar-refractivity contribution in [3.05, 3.63) is 48.3 Å². The summed E-state index contributed by atoms with van der Waals surface area (Å²) in [6.45, 7) is 3.76. The molecule has 0 spiro atoms. The van der Waals surface area contributed by atoms with E-state index in [1.165, 1.54) is 6.92 Å². The van der Waals surface area contributed by atoms with E-state index in [4.69, 9.17) is 0 Å². The molecule has 8 heteroatoms. The molecule has 29 heavy (non-hydrogen) atoms. The number of aryl methyl sites for hydroxylation is 1. The number of aromatic nitrogens is 1. The molecule has 0 bridgehead atoms. The summed E-state index contributed by atoms with van der Waals surface area (Å²) in [5.41, 5.74) is 2.22. The smallest absolute Gasteiger partial charge is 0.313 e. The molecule has 0 aliphatic carbocycles. The van der Waals surface area contributed by atoms with Crippen LogP contribution in [-0.4, -0.2) is 46.8 Å². The van der Waals surface area contributed by atoms with E-state index in [0.717, 1.165) is 31.6 Å². The number of nitrogens with zero attached hydrogens (tertiary/aromatic N) is 2. The van der Waals surface area contributed by atoms with E-state index in [2.05, 4.69) is 20.9 Å². The maximum Gasteiger partial charge on any atom is 0.313 e. The van der Waals surface area contributed by atoms with E-state index in [9.17, 15) is 14.4 Å². The molecule has 2 heterocycles. The average Bonchev–Trinajstić information content (AvgIpc) is 3.36. The van der Waals surface area contributed by atoms with Gasteiger partial charge in [0.15, 0.2) is 0 Å². The van der Waals surface area contributed by atoms with Crippen molar-refractivity contribution >= 4 is 29.1 Å². The summed E-state index contributed by atoms with van der Waals surface area (Å²) in [6, 6.07) is 10.7. The topological polar surface area (TPSA) is 95.5 Å². The summed E-state index contributed by atoms with van der Waals surface area (Å²) in [5.74, 6) is -1.56. The van der Waals surface area contributed by atoms with Crippen LogP contribution in [0.3, 0.4) is 0 Å². The molecule has 3 N–H and O–H groups in total. The zero-order valence-corrected chi connectivity index (χ0v) is 16.8. The van der Waals surface area contributed by atoms with Gasteiger partial charge in [-0.15, -0.1) is 0 Å². The van der Waals surface area contributed by atoms with Crippen LogP contribution in [0.15, 0.2) is 42.6 Å². The van der Waals surface area contributed by atoms with Gasteiger partial charge in [0, 0.05) is 43.8 Å². The molecule has 1 aromatic heterocycles. The number of hydrogen-bond donors (Lipinski definition) is 3. The maximum atomic E-state index is 12.3. The molecule has 2 aromatic rings. The third-order valence-corrected chi connectivity index (χ3v) is 5.03. The van der Waals surface area contributed by atoms with Gasteiger partial charge >= 0.3 is 11.8 Å². The van der Waals surface area contributed by atoms with Gasteiger partial charge in [0.05, 0.1) is 6.04 Å². The lowest BCUT2D eigenvalue weighted by molar-refractivity contribution is -0.136. The van der Waals surface area contributed by atoms with Crippen LogP contribution in [0.2, 0.25) is 0 Å². The van der Waals surface area contributed by atoms with E-state index in [-0.39, 0.29) is 11.9 Å². The van der Waals surface area contributed by atoms with Gasteiger partial charge in [-0.05, 0) is 62.3 Å². The Kier molecular flexibility index (Phi) is 6.66. The van der Waals surface area contributed by atoms with Crippen LogP contribution in [0.25, 0.3) is 0 Å². The number of carbonyl (C=O) groups excluding carboxylic acids is 3. The molecule has 8 nitrogen and oxygen atoms in total. The summed E-state index contributed by atoms with van der Waals surface area (Å²) in [6.07, 6.45) is 4.27. The summed E-state index contributed by atoms with van der Waals surface area (Å²) in [4.78, 5) is 38.0. The van der Waals surface area contributed by atoms with Gasteiger partial charge in [-0.25, -0.2) is 0 Å². The SMILES string of the molecule is CC(=O)Nc1ccc(NC(=O)C(=O)NCC(c2cccn2C)N2CCCC2)cc1. The predicted octanol–water partition coefficient (Wildman–Crippen LogP) is 1.88. The van der Waals surface area contributed by atoms with Crippen LogP contribution < -0.4 is 16.0 Å². The molecule has 3 amide bonds. The van der Waals surface area contributed by atoms with Crippen molar-refractivity contribution in [3.8, 4) is 0 Å². The van der Waals surface area contributed by atoms with E-state index < -0.39 is 11.8 Å². The number of amides is 3. The van der Waals surface area contributed by atoms with Gasteiger partial charge in [-0.3, -0.25) is 19.3 Å². The van der Waals surface area contributed by atoms with Crippen LogP contribution >= 0.6 is 0 Å². The molecule has 0 saturated carbocycles. The molecule has 1 aromatic carbocycles. The van der Waals surface area contributed by atoms with Gasteiger partial charge in [-0.1, -0.05) is 0 Å². The fourth-order valence-electron chi connectivity index (χ4n) is 3.59. The van der Waals surface area contributed by atoms with Crippen molar-refractivity contribution in [2.75, 3.05) is 30.3 Å². The summed E-state index contributed by atoms with van der Waals surface area (Å²) in [5, 5.41) is 8.00. The number of hydrogen-bond acceptors (Lipinski definition) is 4. The van der Waals surface area contributed by atoms with Gasteiger partial charge < -0.3 is 20.5 Å². The third-order valence-electron chi connectivity index (χ3n) is 5.03. The van der Waals surface area contributed by atoms with E-state index >= 15 is 0 Å². The van der Waals surface area contributed by atoms with Gasteiger partial charge in [0.25, 0.3) is 0 Å². The van der Waals surface area contributed by atoms with Crippen molar-refractivity contribution in [2.24, 2.45) is 7.05 Å². The Morgan fingerprint density at radius 2 is 1.59 bits per heavy atom. The lowest BCUT2D eigenvalue weighted by atomic mass is 10.1. The third kappa shape index (κ3) is 5.45. The fourth-order valence-corrected chi connectivity index (χ4v) is 3.59. The highest BCUT2D eigenvalue weighted by molar-refractivity contribution is 6.39. The van der Waals surface area contributed by atoms with E-state index in [1.807, 2.05) is 29.9 Å². The van der Waals surface area contributed by atoms with Crippen LogP contribution in [0.4, 0.5) is 11.4 Å². The number of nitrogens with one attached hydrogen (secondary N) is 3. The first kappa shape index (κ1) is 20.6. The summed E-state index contributed by atoms with van der Waals surface area (Å²) < 4.78 is 2.05. The number of benzene rings is 1. The van der Waals surface area contributed by atoms with Crippen molar-refractivity contribution in [1.29, 1.82) is 0 Å². The lowest BCUT2D eigenvalue weighted by Gasteiger charge is -2.28. The van der Waals surface area contributed by atoms with Crippen molar-refractivity contribution in [2.45, 2.75) is 25.8 Å². The first-order valence-electron chi connectivity index (χ1n) is 9.76. The highest BCUT2D eigenvalue weighted by Gasteiger charge is 2.26. The molecule has 154 valence electrons. The van der Waals surface area contributed by atoms with Crippen LogP contribution in [0.5, 0.6) is 0 Å². The van der Waals surface area contributed by atoms with Gasteiger partial charge in [0.1, 0.15) is 0 Å². The van der Waals surface area contributed by atoms with Crippen LogP contribution in [0.1, 0.15) is 31.5 Å². The van der Waals surface area contributed by atoms with Crippen molar-refractivity contribution < 1.29 is 14.4 Å². The maximum absolute atomic E-state index is 12.3. The number of likely N-dealkylation sites (tertiary alicyclic amines) is 1. The van der Waals surface area contributed by atoms with Crippen LogP contribution in [0, 0.1) is 0 Å². The van der Waals surface area contributed by atoms with E-state index in [1.54, 1.807) is 24.3 Å². The quantitative estimate of drug-likeness (QED) is 0.649. The molecule has 1 aliphatic rings. The summed E-state index contributed by atoms with van der Waals surface area (Å²) >= 11 is 0. The predicted molar refractivity (Wildman–Crippen MR) is 111 cm³/mol. The Hall–Kier alpha value is -3.13. The molecule has 3 rings (SSSR count). The first-order valence-corrected chi connectivity index (χ1v) is 9.76. The molecule has 1 unspecified atom stereocenters. The zero-order valence-electron chi connectivity index (χ0n) is 16.8. The van der Waals surface area contributed by atoms with Gasteiger partial charge in [-0.2, -0.15) is 0 Å². The Balaban J connectivity index is 1.57. The Morgan fingerprint density at radius 1 is 0.966 bits per heavy atom. The molecule has 1 saturated heterocycles. The Labute approximate surface area is 170 Å². The zero-order chi connectivity index (χ0) is 20.8. The molecular weight excluding hydrogens is 370 g/mol. The Bertz CT molecular complexity index is 869. The molecule has 1 atom stereocenters. The standard InChI is InChI=1S/C21H27N5O3/c1-15(27)23-16-7-9-17(10-8-16)24-21(29)20(28)22-14-19(26-12-3-4-13-26)18-6-5-11-25(18)2/h5-11,19H,3-4,12-14H2,1-2H3,(H,22,28)(H,23,27)(H,24,29). The number of carbonyl (C=O) groups is 3. The Morgan fingerprint density at radius 3 is 2.14 bits per heavy atom. The largest absolute Gasteiger partial charge is 0.353 e. The fraction of sp³-hybridized carbons (Fsp3) is 0.381. The van der Waals surface area contributed by atoms with Crippen molar-refractivity contribution in [1.82, 2.24) is 14.8 Å². The van der Waals surface area contributed by atoms with Crippen molar-refractivity contribution in [3.63, 3.8) is 0 Å². The minimum atomic E-state index is -0.718. The summed E-state index contributed by atoms with van der Waals surface area (Å²) in [7, 11) is 1.98. The molecule has 1 fully saturated rings. The molecule has 0 radical (unpaired) electrons. The van der Waals surface area contributed by atoms with E-state index in [0.29, 0.717) is 17.9 Å². The lowest BCUT2D eigenvalue weighted by Crippen LogP contribution is -2.41. The number of anilines is 2. The minimum Gasteiger partial charge on any atom is -0.353 e. The first-order chi connectivity index (χ1) is 13.9. The second-order valence-corrected chi connectivity index (χ2v) is 7.23. The van der Waals surface area contributed by atoms with Gasteiger partial charge in [0.2, 0.25) is 5.91 Å². The highest BCUT2D eigenvalue weighted by atomic mass is 16.2. The average molecular weight is 397 g/mol. The number of rotatable bonds is 6. The second-order valence-electron chi connectivity index (χ2n) is 7.23.